The third-order valence-electron chi connectivity index (χ3n) is 4.22. The lowest BCUT2D eigenvalue weighted by molar-refractivity contribution is -0.130. The molecule has 0 saturated carbocycles. The average molecular weight is 313 g/mol. The number of hydrogen-bond acceptors (Lipinski definition) is 3. The fourth-order valence-electron chi connectivity index (χ4n) is 2.87. The lowest BCUT2D eigenvalue weighted by atomic mass is 10.1. The quantitative estimate of drug-likeness (QED) is 0.885. The summed E-state index contributed by atoms with van der Waals surface area (Å²) in [5.74, 6) is -0.152. The van der Waals surface area contributed by atoms with Gasteiger partial charge in [-0.1, -0.05) is 30.3 Å². The van der Waals surface area contributed by atoms with Crippen LogP contribution in [0, 0.1) is 5.82 Å². The van der Waals surface area contributed by atoms with Gasteiger partial charge in [0.25, 0.3) is 0 Å². The highest BCUT2D eigenvalue weighted by atomic mass is 19.1. The Kier molecular flexibility index (Phi) is 4.46. The Hall–Kier alpha value is -2.56. The van der Waals surface area contributed by atoms with Crippen molar-refractivity contribution in [1.82, 2.24) is 4.90 Å². The Bertz CT molecular complexity index is 696. The summed E-state index contributed by atoms with van der Waals surface area (Å²) < 4.78 is 13.8. The van der Waals surface area contributed by atoms with Crippen molar-refractivity contribution in [3.8, 4) is 0 Å². The molecule has 4 nitrogen and oxygen atoms in total. The molecular weight excluding hydrogens is 293 g/mol. The molecule has 1 heterocycles. The SMILES string of the molecule is Nc1ccccc1CC(=O)N1CCN(c2ccccc2F)CC1. The lowest BCUT2D eigenvalue weighted by Crippen LogP contribution is -2.49. The van der Waals surface area contributed by atoms with Gasteiger partial charge in [0, 0.05) is 31.9 Å². The minimum Gasteiger partial charge on any atom is -0.398 e. The number of nitrogens with zero attached hydrogens (tertiary/aromatic N) is 2. The highest BCUT2D eigenvalue weighted by molar-refractivity contribution is 5.80. The number of nitrogens with two attached hydrogens (primary N) is 1. The van der Waals surface area contributed by atoms with Crippen molar-refractivity contribution in [3.63, 3.8) is 0 Å². The van der Waals surface area contributed by atoms with Crippen LogP contribution in [0.3, 0.4) is 0 Å². The molecular formula is C18H20FN3O. The second kappa shape index (κ2) is 6.69. The normalized spacial score (nSPS) is 14.8. The summed E-state index contributed by atoms with van der Waals surface area (Å²) in [4.78, 5) is 16.2. The van der Waals surface area contributed by atoms with Gasteiger partial charge < -0.3 is 15.5 Å². The maximum atomic E-state index is 13.8. The number of carbonyl (C=O) groups excluding carboxylic acids is 1. The highest BCUT2D eigenvalue weighted by Gasteiger charge is 2.22. The van der Waals surface area contributed by atoms with E-state index in [0.717, 1.165) is 5.56 Å². The largest absolute Gasteiger partial charge is 0.398 e. The molecule has 0 atom stereocenters. The number of piperazine rings is 1. The molecule has 2 N–H and O–H groups in total. The smallest absolute Gasteiger partial charge is 0.227 e. The number of amides is 1. The van der Waals surface area contributed by atoms with Crippen LogP contribution in [0.4, 0.5) is 15.8 Å². The zero-order valence-corrected chi connectivity index (χ0v) is 12.9. The van der Waals surface area contributed by atoms with E-state index in [1.165, 1.54) is 6.07 Å². The van der Waals surface area contributed by atoms with E-state index in [4.69, 9.17) is 5.73 Å². The van der Waals surface area contributed by atoms with Crippen LogP contribution in [0.2, 0.25) is 0 Å². The second-order valence-corrected chi connectivity index (χ2v) is 5.69. The predicted molar refractivity (Wildman–Crippen MR) is 89.8 cm³/mol. The van der Waals surface area contributed by atoms with Crippen LogP contribution < -0.4 is 10.6 Å². The van der Waals surface area contributed by atoms with E-state index in [2.05, 4.69) is 0 Å². The van der Waals surface area contributed by atoms with Gasteiger partial charge in [0.05, 0.1) is 12.1 Å². The summed E-state index contributed by atoms with van der Waals surface area (Å²) >= 11 is 0. The number of hydrogen-bond donors (Lipinski definition) is 1. The van der Waals surface area contributed by atoms with Crippen molar-refractivity contribution in [3.05, 3.63) is 59.9 Å². The summed E-state index contributed by atoms with van der Waals surface area (Å²) in [7, 11) is 0. The van der Waals surface area contributed by atoms with Crippen LogP contribution in [0.15, 0.2) is 48.5 Å². The first-order valence-corrected chi connectivity index (χ1v) is 7.76. The summed E-state index contributed by atoms with van der Waals surface area (Å²) in [5.41, 5.74) is 8.00. The Labute approximate surface area is 135 Å². The molecule has 1 fully saturated rings. The third kappa shape index (κ3) is 3.44. The van der Waals surface area contributed by atoms with Gasteiger partial charge in [-0.3, -0.25) is 4.79 Å². The van der Waals surface area contributed by atoms with E-state index >= 15 is 0 Å². The fraction of sp³-hybridized carbons (Fsp3) is 0.278. The van der Waals surface area contributed by atoms with E-state index < -0.39 is 0 Å². The second-order valence-electron chi connectivity index (χ2n) is 5.69. The molecule has 120 valence electrons. The maximum Gasteiger partial charge on any atom is 0.227 e. The summed E-state index contributed by atoms with van der Waals surface area (Å²) in [6.45, 7) is 2.47. The van der Waals surface area contributed by atoms with Gasteiger partial charge >= 0.3 is 0 Å². The third-order valence-corrected chi connectivity index (χ3v) is 4.22. The summed E-state index contributed by atoms with van der Waals surface area (Å²) in [6, 6.07) is 14.2. The van der Waals surface area contributed by atoms with E-state index in [1.807, 2.05) is 34.1 Å². The molecule has 2 aromatic carbocycles. The Morgan fingerprint density at radius 3 is 2.35 bits per heavy atom. The molecule has 1 aliphatic rings. The number of carbonyl (C=O) groups is 1. The van der Waals surface area contributed by atoms with Crippen LogP contribution in [-0.2, 0) is 11.2 Å². The first-order valence-electron chi connectivity index (χ1n) is 7.76. The molecule has 0 aromatic heterocycles. The molecule has 5 heteroatoms. The molecule has 0 aliphatic carbocycles. The van der Waals surface area contributed by atoms with Gasteiger partial charge in [0.2, 0.25) is 5.91 Å². The number of benzene rings is 2. The van der Waals surface area contributed by atoms with Crippen molar-refractivity contribution in [2.45, 2.75) is 6.42 Å². The Morgan fingerprint density at radius 2 is 1.65 bits per heavy atom. The number of anilines is 2. The van der Waals surface area contributed by atoms with Crippen LogP contribution in [0.1, 0.15) is 5.56 Å². The van der Waals surface area contributed by atoms with Crippen molar-refractivity contribution in [2.75, 3.05) is 36.8 Å². The molecule has 0 spiro atoms. The average Bonchev–Trinajstić information content (AvgIpc) is 2.57. The van der Waals surface area contributed by atoms with E-state index in [0.29, 0.717) is 44.0 Å². The van der Waals surface area contributed by atoms with Crippen molar-refractivity contribution in [1.29, 1.82) is 0 Å². The first kappa shape index (κ1) is 15.3. The van der Waals surface area contributed by atoms with Gasteiger partial charge in [-0.25, -0.2) is 4.39 Å². The van der Waals surface area contributed by atoms with Gasteiger partial charge in [-0.2, -0.15) is 0 Å². The van der Waals surface area contributed by atoms with Gasteiger partial charge in [0.1, 0.15) is 5.82 Å². The van der Waals surface area contributed by atoms with Gasteiger partial charge in [-0.15, -0.1) is 0 Å². The molecule has 23 heavy (non-hydrogen) atoms. The molecule has 3 rings (SSSR count). The topological polar surface area (TPSA) is 49.6 Å². The number of nitrogen functional groups attached to an aromatic ring is 1. The van der Waals surface area contributed by atoms with Gasteiger partial charge in [0.15, 0.2) is 0 Å². The maximum absolute atomic E-state index is 13.8. The molecule has 1 amide bonds. The zero-order chi connectivity index (χ0) is 16.2. The first-order chi connectivity index (χ1) is 11.1. The molecule has 0 radical (unpaired) electrons. The molecule has 0 unspecified atom stereocenters. The lowest BCUT2D eigenvalue weighted by Gasteiger charge is -2.36. The van der Waals surface area contributed by atoms with Crippen LogP contribution in [-0.4, -0.2) is 37.0 Å². The minimum absolute atomic E-state index is 0.0658. The van der Waals surface area contributed by atoms with Crippen LogP contribution in [0.5, 0.6) is 0 Å². The van der Waals surface area contributed by atoms with E-state index in [1.54, 1.807) is 18.2 Å². The van der Waals surface area contributed by atoms with E-state index in [-0.39, 0.29) is 11.7 Å². The molecule has 1 saturated heterocycles. The van der Waals surface area contributed by atoms with E-state index in [9.17, 15) is 9.18 Å². The predicted octanol–water partition coefficient (Wildman–Crippen LogP) is 2.30. The standard InChI is InChI=1S/C18H20FN3O/c19-15-6-2-4-8-17(15)21-9-11-22(12-10-21)18(23)13-14-5-1-3-7-16(14)20/h1-8H,9-13,20H2. The monoisotopic (exact) mass is 313 g/mol. The van der Waals surface area contributed by atoms with Crippen LogP contribution in [0.25, 0.3) is 0 Å². The number of halogens is 1. The molecule has 1 aliphatic heterocycles. The van der Waals surface area contributed by atoms with Gasteiger partial charge in [-0.05, 0) is 23.8 Å². The summed E-state index contributed by atoms with van der Waals surface area (Å²) in [5, 5.41) is 0. The zero-order valence-electron chi connectivity index (χ0n) is 12.9. The molecule has 0 bridgehead atoms. The summed E-state index contributed by atoms with van der Waals surface area (Å²) in [6.07, 6.45) is 0.312. The highest BCUT2D eigenvalue weighted by Crippen LogP contribution is 2.20. The Balaban J connectivity index is 1.60. The van der Waals surface area contributed by atoms with Crippen molar-refractivity contribution >= 4 is 17.3 Å². The van der Waals surface area contributed by atoms with Crippen molar-refractivity contribution in [2.24, 2.45) is 0 Å². The number of para-hydroxylation sites is 2. The Morgan fingerprint density at radius 1 is 1.00 bits per heavy atom. The molecule has 2 aromatic rings. The van der Waals surface area contributed by atoms with Crippen LogP contribution >= 0.6 is 0 Å². The fourth-order valence-corrected chi connectivity index (χ4v) is 2.87. The van der Waals surface area contributed by atoms with Crippen molar-refractivity contribution < 1.29 is 9.18 Å². The minimum atomic E-state index is -0.218. The number of rotatable bonds is 3.